The fraction of sp³-hybridized carbons (Fsp3) is 0.467. The van der Waals surface area contributed by atoms with E-state index in [1.54, 1.807) is 0 Å². The smallest absolute Gasteiger partial charge is 0.326 e. The molecular weight excluding hydrogens is 677 g/mol. The molecule has 9 aliphatic rings. The van der Waals surface area contributed by atoms with Gasteiger partial charge in [0.05, 0.1) is 17.1 Å². The van der Waals surface area contributed by atoms with Crippen LogP contribution in [-0.4, -0.2) is 51.1 Å². The maximum Gasteiger partial charge on any atom is 0.326 e. The molecule has 0 saturated heterocycles. The Bertz CT molecular complexity index is 2290. The van der Waals surface area contributed by atoms with Gasteiger partial charge in [-0.05, 0) is 179 Å². The highest BCUT2D eigenvalue weighted by atomic mass is 15.4. The van der Waals surface area contributed by atoms with Crippen LogP contribution in [0.1, 0.15) is 112 Å². The normalized spacial score (nSPS) is 28.0. The Morgan fingerprint density at radius 3 is 1.07 bits per heavy atom. The Labute approximate surface area is 323 Å². The minimum absolute atomic E-state index is 0.372. The Morgan fingerprint density at radius 1 is 0.473 bits per heavy atom. The van der Waals surface area contributed by atoms with Gasteiger partial charge in [-0.1, -0.05) is 41.5 Å². The summed E-state index contributed by atoms with van der Waals surface area (Å²) in [6, 6.07) is 13.1. The van der Waals surface area contributed by atoms with Crippen molar-refractivity contribution in [3.05, 3.63) is 107 Å². The maximum absolute atomic E-state index is 5.21. The van der Waals surface area contributed by atoms with Crippen molar-refractivity contribution in [3.63, 3.8) is 0 Å². The van der Waals surface area contributed by atoms with Gasteiger partial charge < -0.3 is 13.8 Å². The van der Waals surface area contributed by atoms with Gasteiger partial charge in [0.1, 0.15) is 17.1 Å². The summed E-state index contributed by atoms with van der Waals surface area (Å²) in [5, 5.41) is 15.6. The number of pyridine rings is 3. The lowest BCUT2D eigenvalue weighted by atomic mass is 9.47. The van der Waals surface area contributed by atoms with Gasteiger partial charge in [-0.25, -0.2) is 15.3 Å². The third kappa shape index (κ3) is 4.42. The number of nitrogens with zero attached hydrogens (tertiary/aromatic N) is 9. The highest BCUT2D eigenvalue weighted by molar-refractivity contribution is 6.52. The molecule has 15 rings (SSSR count). The molecule has 10 heteroatoms. The van der Waals surface area contributed by atoms with Gasteiger partial charge in [-0.15, -0.1) is 0 Å². The highest BCUT2D eigenvalue weighted by Crippen LogP contribution is 2.64. The second-order valence-electron chi connectivity index (χ2n) is 20.0. The van der Waals surface area contributed by atoms with Gasteiger partial charge in [-0.3, -0.25) is 15.0 Å². The molecular formula is C45H49BN9-. The van der Waals surface area contributed by atoms with Gasteiger partial charge in [0.15, 0.2) is 0 Å². The fourth-order valence-corrected chi connectivity index (χ4v) is 12.3. The summed E-state index contributed by atoms with van der Waals surface area (Å²) in [6.07, 6.45) is 19.8. The van der Waals surface area contributed by atoms with Gasteiger partial charge in [0.2, 0.25) is 0 Å². The van der Waals surface area contributed by atoms with Crippen LogP contribution in [-0.2, 0) is 19.3 Å². The van der Waals surface area contributed by atoms with E-state index < -0.39 is 7.12 Å². The topological polar surface area (TPSA) is 92.1 Å². The molecule has 9 aliphatic carbocycles. The first kappa shape index (κ1) is 32.4. The summed E-state index contributed by atoms with van der Waals surface area (Å²) in [4.78, 5) is 15.0. The van der Waals surface area contributed by atoms with Crippen LogP contribution in [0.2, 0.25) is 0 Å². The monoisotopic (exact) mass is 726 g/mol. The molecule has 55 heavy (non-hydrogen) atoms. The van der Waals surface area contributed by atoms with Crippen molar-refractivity contribution < 1.29 is 0 Å². The lowest BCUT2D eigenvalue weighted by Crippen LogP contribution is -2.48. The van der Waals surface area contributed by atoms with Gasteiger partial charge in [-0.2, -0.15) is 0 Å². The van der Waals surface area contributed by atoms with Crippen LogP contribution in [0.3, 0.4) is 0 Å². The third-order valence-corrected chi connectivity index (χ3v) is 16.6. The van der Waals surface area contributed by atoms with Crippen LogP contribution >= 0.6 is 0 Å². The predicted molar refractivity (Wildman–Crippen MR) is 215 cm³/mol. The van der Waals surface area contributed by atoms with Gasteiger partial charge in [0.25, 0.3) is 0 Å². The molecule has 0 spiro atoms. The number of aromatic nitrogens is 9. The fourth-order valence-electron chi connectivity index (χ4n) is 12.3. The summed E-state index contributed by atoms with van der Waals surface area (Å²) in [5.74, 6) is 4.08. The molecule has 6 atom stereocenters. The largest absolute Gasteiger partial charge is 0.402 e. The summed E-state index contributed by atoms with van der Waals surface area (Å²) in [6.45, 7) is 14.5. The van der Waals surface area contributed by atoms with Crippen molar-refractivity contribution in [3.8, 4) is 34.2 Å². The van der Waals surface area contributed by atoms with E-state index in [1.807, 2.05) is 13.8 Å². The van der Waals surface area contributed by atoms with E-state index in [-0.39, 0.29) is 0 Å². The summed E-state index contributed by atoms with van der Waals surface area (Å²) in [7, 11) is -1.65. The molecule has 6 aromatic heterocycles. The van der Waals surface area contributed by atoms with Crippen LogP contribution in [0.5, 0.6) is 0 Å². The molecule has 0 aliphatic heterocycles. The maximum atomic E-state index is 5.21. The first-order valence-electron chi connectivity index (χ1n) is 20.7. The molecule has 6 aromatic rings. The van der Waals surface area contributed by atoms with Crippen LogP contribution in [0, 0.1) is 34.0 Å². The van der Waals surface area contributed by atoms with E-state index in [1.165, 1.54) is 52.6 Å². The molecule has 0 radical (unpaired) electrons. The van der Waals surface area contributed by atoms with E-state index in [0.29, 0.717) is 34.0 Å². The molecule has 278 valence electrons. The molecule has 6 bridgehead atoms. The molecule has 9 nitrogen and oxygen atoms in total. The predicted octanol–water partition coefficient (Wildman–Crippen LogP) is 8.18. The lowest BCUT2D eigenvalue weighted by Gasteiger charge is -2.57. The van der Waals surface area contributed by atoms with E-state index in [0.717, 1.165) is 71.2 Å². The van der Waals surface area contributed by atoms with E-state index in [9.17, 15) is 0 Å². The average Bonchev–Trinajstić information content (AvgIpc) is 3.99. The van der Waals surface area contributed by atoms with Crippen molar-refractivity contribution >= 4 is 7.12 Å². The van der Waals surface area contributed by atoms with Crippen LogP contribution in [0.15, 0.2) is 73.6 Å². The second kappa shape index (κ2) is 10.7. The molecule has 0 unspecified atom stereocenters. The van der Waals surface area contributed by atoms with E-state index >= 15 is 0 Å². The number of rotatable bonds is 6. The first-order chi connectivity index (χ1) is 26.4. The SMILES string of the molecule is CC1(C)[C@H]2Cc3cc(-c4ccn([BH-](n5ccc(-c6cc7c(cn6)[C@@H]6C[C@H](C7)C6(C)C)n5)n5ccc(-c6cc7c(cn6)[C@@H]6C[C@H](C7)C6(C)C)n5)n4)ncc3[C@@H]1C2. The summed E-state index contributed by atoms with van der Waals surface area (Å²) in [5.41, 5.74) is 15.1. The zero-order valence-corrected chi connectivity index (χ0v) is 32.9. The number of hydrogen-bond donors (Lipinski definition) is 0. The molecule has 0 amide bonds. The highest BCUT2D eigenvalue weighted by Gasteiger charge is 2.54. The average molecular weight is 727 g/mol. The Hall–Kier alpha value is -4.86. The molecule has 3 saturated carbocycles. The summed E-state index contributed by atoms with van der Waals surface area (Å²) >= 11 is 0. The van der Waals surface area contributed by atoms with Crippen molar-refractivity contribution in [1.82, 2.24) is 44.0 Å². The molecule has 0 N–H and O–H groups in total. The van der Waals surface area contributed by atoms with Crippen LogP contribution in [0.25, 0.3) is 34.2 Å². The quantitative estimate of drug-likeness (QED) is 0.161. The van der Waals surface area contributed by atoms with Crippen molar-refractivity contribution in [2.24, 2.45) is 34.0 Å². The minimum Gasteiger partial charge on any atom is -0.402 e. The standard InChI is InChI=1S/C45H49BN9/c1-43(2)28-13-25-16-40(47-22-31(25)34(43)19-28)37-7-10-53(50-37)46(54-11-8-38(51-54)41-17-26-14-29-20-35(44(29,3)4)32(26)23-48-41)55-12-9-39(52-55)42-18-27-15-30-21-36(45(30,5)6)33(27)24-49-42/h7-12,16-18,22-24,28-30,34-36,46H,13-15,19-21H2,1-6H3/q-1/t28-,29-,30-,34-,35-,36-/m0/s1. The van der Waals surface area contributed by atoms with Crippen molar-refractivity contribution in [2.75, 3.05) is 0 Å². The van der Waals surface area contributed by atoms with Crippen LogP contribution < -0.4 is 0 Å². The summed E-state index contributed by atoms with van der Waals surface area (Å²) < 4.78 is 6.11. The Balaban J connectivity index is 0.902. The number of hydrogen-bond acceptors (Lipinski definition) is 6. The van der Waals surface area contributed by atoms with E-state index in [2.05, 4.69) is 115 Å². The van der Waals surface area contributed by atoms with Gasteiger partial charge in [0, 0.05) is 18.6 Å². The molecule has 0 aromatic carbocycles. The van der Waals surface area contributed by atoms with E-state index in [4.69, 9.17) is 30.2 Å². The zero-order chi connectivity index (χ0) is 37.2. The molecule has 3 fully saturated rings. The van der Waals surface area contributed by atoms with Crippen molar-refractivity contribution in [2.45, 2.75) is 97.8 Å². The van der Waals surface area contributed by atoms with Crippen LogP contribution in [0.4, 0.5) is 0 Å². The molecule has 6 heterocycles. The van der Waals surface area contributed by atoms with Crippen molar-refractivity contribution in [1.29, 1.82) is 0 Å². The van der Waals surface area contributed by atoms with Gasteiger partial charge >= 0.3 is 7.12 Å². The Morgan fingerprint density at radius 2 is 0.782 bits per heavy atom. The first-order valence-corrected chi connectivity index (χ1v) is 20.7. The zero-order valence-electron chi connectivity index (χ0n) is 32.9. The third-order valence-electron chi connectivity index (χ3n) is 16.6. The minimum atomic E-state index is -1.65. The Kier molecular flexibility index (Phi) is 6.31. The second-order valence-corrected chi connectivity index (χ2v) is 20.0. The lowest BCUT2D eigenvalue weighted by molar-refractivity contribution is 0.0183.